The number of rotatable bonds is 1. The van der Waals surface area contributed by atoms with Crippen LogP contribution in [0.15, 0.2) is 64.1 Å². The van der Waals surface area contributed by atoms with Crippen molar-refractivity contribution in [1.82, 2.24) is 0 Å². The van der Waals surface area contributed by atoms with Crippen molar-refractivity contribution in [3.05, 3.63) is 75.2 Å². The smallest absolute Gasteiger partial charge is 0.238 e. The Morgan fingerprint density at radius 3 is 2.40 bits per heavy atom. The third-order valence-electron chi connectivity index (χ3n) is 5.54. The molecule has 3 nitrogen and oxygen atoms in total. The van der Waals surface area contributed by atoms with Gasteiger partial charge in [0, 0.05) is 21.3 Å². The summed E-state index contributed by atoms with van der Waals surface area (Å²) >= 11 is 9.93. The number of nitrogens with zero attached hydrogens (tertiary/aromatic N) is 1. The molecule has 5 heteroatoms. The second-order valence-corrected chi connectivity index (χ2v) is 8.08. The first-order valence-corrected chi connectivity index (χ1v) is 9.34. The zero-order valence-electron chi connectivity index (χ0n) is 13.0. The summed E-state index contributed by atoms with van der Waals surface area (Å²) in [6.45, 7) is 0. The van der Waals surface area contributed by atoms with Crippen molar-refractivity contribution in [2.45, 2.75) is 11.8 Å². The lowest BCUT2D eigenvalue weighted by molar-refractivity contribution is -0.122. The fourth-order valence-corrected chi connectivity index (χ4v) is 5.36. The van der Waals surface area contributed by atoms with E-state index < -0.39 is 5.92 Å². The molecule has 0 spiro atoms. The highest BCUT2D eigenvalue weighted by atomic mass is 79.9. The summed E-state index contributed by atoms with van der Waals surface area (Å²) in [4.78, 5) is 27.7. The van der Waals surface area contributed by atoms with Crippen LogP contribution in [0.2, 0.25) is 0 Å². The van der Waals surface area contributed by atoms with Gasteiger partial charge in [0.2, 0.25) is 11.8 Å². The van der Waals surface area contributed by atoms with Crippen molar-refractivity contribution >= 4 is 45.0 Å². The van der Waals surface area contributed by atoms with Crippen LogP contribution in [-0.2, 0) is 9.59 Å². The van der Waals surface area contributed by atoms with E-state index in [4.69, 9.17) is 11.6 Å². The zero-order valence-corrected chi connectivity index (χ0v) is 15.4. The lowest BCUT2D eigenvalue weighted by atomic mass is 9.60. The molecule has 1 aliphatic heterocycles. The van der Waals surface area contributed by atoms with E-state index >= 15 is 0 Å². The minimum absolute atomic E-state index is 0.127. The molecular formula is C20H13BrClNO2. The number of benzene rings is 2. The van der Waals surface area contributed by atoms with E-state index in [0.29, 0.717) is 10.7 Å². The van der Waals surface area contributed by atoms with Crippen molar-refractivity contribution in [3.63, 3.8) is 0 Å². The number of hydrogen-bond acceptors (Lipinski definition) is 2. The summed E-state index contributed by atoms with van der Waals surface area (Å²) in [5.41, 5.74) is 2.81. The third kappa shape index (κ3) is 1.98. The summed E-state index contributed by atoms with van der Waals surface area (Å²) in [7, 11) is 0. The van der Waals surface area contributed by atoms with Gasteiger partial charge in [-0.3, -0.25) is 9.59 Å². The lowest BCUT2D eigenvalue weighted by Crippen LogP contribution is -2.38. The highest BCUT2D eigenvalue weighted by Crippen LogP contribution is 2.59. The monoisotopic (exact) mass is 413 g/mol. The minimum Gasteiger partial charge on any atom is -0.274 e. The Morgan fingerprint density at radius 2 is 1.64 bits per heavy atom. The van der Waals surface area contributed by atoms with E-state index in [1.165, 1.54) is 4.90 Å². The summed E-state index contributed by atoms with van der Waals surface area (Å²) < 4.78 is 0.836. The normalized spacial score (nSPS) is 29.5. The maximum absolute atomic E-state index is 13.2. The molecule has 0 unspecified atom stereocenters. The topological polar surface area (TPSA) is 37.4 Å². The molecule has 2 aromatic carbocycles. The van der Waals surface area contributed by atoms with Crippen LogP contribution < -0.4 is 4.90 Å². The Bertz CT molecular complexity index is 970. The first-order chi connectivity index (χ1) is 12.1. The molecule has 6 rings (SSSR count). The van der Waals surface area contributed by atoms with Crippen LogP contribution in [0.5, 0.6) is 0 Å². The summed E-state index contributed by atoms with van der Waals surface area (Å²) in [5.74, 6) is -1.41. The highest BCUT2D eigenvalue weighted by molar-refractivity contribution is 9.10. The van der Waals surface area contributed by atoms with Crippen LogP contribution in [0.4, 0.5) is 5.69 Å². The van der Waals surface area contributed by atoms with Gasteiger partial charge in [-0.2, -0.15) is 0 Å². The van der Waals surface area contributed by atoms with Gasteiger partial charge in [0.05, 0.1) is 17.5 Å². The number of amides is 2. The molecule has 0 radical (unpaired) electrons. The first-order valence-electron chi connectivity index (χ1n) is 8.17. The predicted molar refractivity (Wildman–Crippen MR) is 99.5 cm³/mol. The Hall–Kier alpha value is -1.91. The molecule has 4 aliphatic rings. The van der Waals surface area contributed by atoms with E-state index in [0.717, 1.165) is 15.6 Å². The van der Waals surface area contributed by atoms with Crippen molar-refractivity contribution < 1.29 is 9.59 Å². The second kappa shape index (κ2) is 5.29. The second-order valence-electron chi connectivity index (χ2n) is 6.73. The van der Waals surface area contributed by atoms with Gasteiger partial charge in [0.15, 0.2) is 0 Å². The van der Waals surface area contributed by atoms with Crippen LogP contribution in [0.3, 0.4) is 0 Å². The average molecular weight is 415 g/mol. The zero-order chi connectivity index (χ0) is 17.3. The van der Waals surface area contributed by atoms with Crippen molar-refractivity contribution in [2.75, 3.05) is 4.90 Å². The predicted octanol–water partition coefficient (Wildman–Crippen LogP) is 4.57. The van der Waals surface area contributed by atoms with Crippen LogP contribution in [-0.4, -0.2) is 11.8 Å². The standard InChI is InChI=1S/C20H13BrClNO2/c21-10-4-3-5-11(8-10)23-19(24)17-14-9-15(22)16(18(17)20(23)25)13-7-2-1-6-12(13)14/h1-9,14,16-18H/t14-,16-,17-,18-/m1/s1. The molecule has 0 N–H and O–H groups in total. The van der Waals surface area contributed by atoms with Crippen LogP contribution in [0.25, 0.3) is 0 Å². The molecule has 4 atom stereocenters. The minimum atomic E-state index is -0.413. The van der Waals surface area contributed by atoms with E-state index in [-0.39, 0.29) is 29.6 Å². The molecule has 0 saturated carbocycles. The fourth-order valence-electron chi connectivity index (χ4n) is 4.58. The molecule has 25 heavy (non-hydrogen) atoms. The molecule has 1 saturated heterocycles. The Balaban J connectivity index is 1.66. The van der Waals surface area contributed by atoms with E-state index in [1.807, 2.05) is 42.5 Å². The summed E-state index contributed by atoms with van der Waals surface area (Å²) in [6, 6.07) is 15.3. The quantitative estimate of drug-likeness (QED) is 0.641. The van der Waals surface area contributed by atoms with Gasteiger partial charge in [-0.05, 0) is 29.3 Å². The maximum atomic E-state index is 13.2. The van der Waals surface area contributed by atoms with Gasteiger partial charge in [-0.25, -0.2) is 4.90 Å². The van der Waals surface area contributed by atoms with Crippen molar-refractivity contribution in [1.29, 1.82) is 0 Å². The molecule has 1 fully saturated rings. The van der Waals surface area contributed by atoms with Gasteiger partial charge in [0.1, 0.15) is 0 Å². The number of carbonyl (C=O) groups is 2. The highest BCUT2D eigenvalue weighted by Gasteiger charge is 2.60. The van der Waals surface area contributed by atoms with Gasteiger partial charge < -0.3 is 0 Å². The molecule has 3 aliphatic carbocycles. The van der Waals surface area contributed by atoms with Gasteiger partial charge >= 0.3 is 0 Å². The number of allylic oxidation sites excluding steroid dienone is 2. The molecule has 0 aromatic heterocycles. The van der Waals surface area contributed by atoms with Gasteiger partial charge in [0.25, 0.3) is 0 Å². The van der Waals surface area contributed by atoms with Crippen molar-refractivity contribution in [3.8, 4) is 0 Å². The number of hydrogen-bond donors (Lipinski definition) is 0. The van der Waals surface area contributed by atoms with E-state index in [2.05, 4.69) is 15.9 Å². The lowest BCUT2D eigenvalue weighted by Gasteiger charge is -2.42. The average Bonchev–Trinajstić information content (AvgIpc) is 2.87. The van der Waals surface area contributed by atoms with Crippen molar-refractivity contribution in [2.24, 2.45) is 11.8 Å². The number of carbonyl (C=O) groups excluding carboxylic acids is 2. The Kier molecular flexibility index (Phi) is 3.25. The largest absolute Gasteiger partial charge is 0.274 e. The van der Waals surface area contributed by atoms with Gasteiger partial charge in [-0.1, -0.05) is 63.9 Å². The molecule has 2 aromatic rings. The van der Waals surface area contributed by atoms with E-state index in [9.17, 15) is 9.59 Å². The number of halogens is 2. The molecular weight excluding hydrogens is 402 g/mol. The number of anilines is 1. The van der Waals surface area contributed by atoms with Crippen LogP contribution in [0, 0.1) is 11.8 Å². The summed E-state index contributed by atoms with van der Waals surface area (Å²) in [6.07, 6.45) is 1.96. The number of imide groups is 1. The Labute approximate surface area is 158 Å². The maximum Gasteiger partial charge on any atom is 0.238 e. The first kappa shape index (κ1) is 15.4. The molecule has 2 amide bonds. The molecule has 1 heterocycles. The van der Waals surface area contributed by atoms with Crippen LogP contribution in [0.1, 0.15) is 23.0 Å². The molecule has 2 bridgehead atoms. The Morgan fingerprint density at radius 1 is 0.920 bits per heavy atom. The molecule has 124 valence electrons. The van der Waals surface area contributed by atoms with E-state index in [1.54, 1.807) is 12.1 Å². The SMILES string of the molecule is O=C1[C@H]2[C@H](C(=O)N1c1cccc(Br)c1)[C@H]1C(Cl)=C[C@@H]2c2ccccc21. The third-order valence-corrected chi connectivity index (χ3v) is 6.39. The fraction of sp³-hybridized carbons (Fsp3) is 0.200. The van der Waals surface area contributed by atoms with Gasteiger partial charge in [-0.15, -0.1) is 0 Å². The summed E-state index contributed by atoms with van der Waals surface area (Å²) in [5, 5.41) is 0.683. The van der Waals surface area contributed by atoms with Crippen LogP contribution >= 0.6 is 27.5 Å².